The van der Waals surface area contributed by atoms with Crippen LogP contribution in [0.3, 0.4) is 0 Å². The molecule has 6 aliphatic rings. The second-order valence-electron chi connectivity index (χ2n) is 19.2. The van der Waals surface area contributed by atoms with Crippen LogP contribution in [0.1, 0.15) is 120 Å². The summed E-state index contributed by atoms with van der Waals surface area (Å²) in [5, 5.41) is 13.0. The average Bonchev–Trinajstić information content (AvgIpc) is 3.44. The fourth-order valence-corrected chi connectivity index (χ4v) is 10.2. The van der Waals surface area contributed by atoms with E-state index in [4.69, 9.17) is 23.7 Å². The molecule has 1 unspecified atom stereocenters. The van der Waals surface area contributed by atoms with E-state index in [0.717, 1.165) is 48.8 Å². The molecule has 0 radical (unpaired) electrons. The third-order valence-corrected chi connectivity index (χ3v) is 13.4. The minimum atomic E-state index is -0.944. The average molecular weight is 782 g/mol. The van der Waals surface area contributed by atoms with Crippen molar-refractivity contribution in [1.82, 2.24) is 5.32 Å². The van der Waals surface area contributed by atoms with Crippen LogP contribution in [0.25, 0.3) is 6.08 Å². The Balaban J connectivity index is 1.03. The molecule has 8 atom stereocenters. The van der Waals surface area contributed by atoms with Crippen molar-refractivity contribution in [2.24, 2.45) is 17.3 Å². The van der Waals surface area contributed by atoms with Gasteiger partial charge in [-0.3, -0.25) is 9.59 Å². The van der Waals surface area contributed by atoms with Gasteiger partial charge in [0.15, 0.2) is 5.79 Å². The number of carbonyl (C=O) groups is 3. The van der Waals surface area contributed by atoms with Gasteiger partial charge in [-0.25, -0.2) is 4.79 Å². The number of benzene rings is 2. The van der Waals surface area contributed by atoms with Gasteiger partial charge in [0.2, 0.25) is 5.91 Å². The van der Waals surface area contributed by atoms with Crippen molar-refractivity contribution in [3.63, 3.8) is 0 Å². The smallest absolute Gasteiger partial charge is 0.339 e. The van der Waals surface area contributed by atoms with Crippen LogP contribution >= 0.6 is 0 Å². The van der Waals surface area contributed by atoms with E-state index in [1.54, 1.807) is 26.8 Å². The van der Waals surface area contributed by atoms with Gasteiger partial charge < -0.3 is 34.1 Å². The summed E-state index contributed by atoms with van der Waals surface area (Å²) in [6, 6.07) is 15.1. The predicted octanol–water partition coefficient (Wildman–Crippen LogP) is 7.20. The van der Waals surface area contributed by atoms with Crippen molar-refractivity contribution in [3.8, 4) is 0 Å². The van der Waals surface area contributed by atoms with E-state index >= 15 is 0 Å². The molecule has 10 heteroatoms. The number of amides is 1. The number of ether oxygens (including phenoxy) is 5. The highest BCUT2D eigenvalue weighted by Crippen LogP contribution is 2.60. The lowest BCUT2D eigenvalue weighted by Gasteiger charge is -2.53. The van der Waals surface area contributed by atoms with Gasteiger partial charge in [0, 0.05) is 31.3 Å². The van der Waals surface area contributed by atoms with Gasteiger partial charge >= 0.3 is 11.9 Å². The zero-order chi connectivity index (χ0) is 40.3. The first-order valence-electron chi connectivity index (χ1n) is 21.0. The van der Waals surface area contributed by atoms with Crippen molar-refractivity contribution >= 4 is 23.9 Å². The molecule has 2 heterocycles. The zero-order valence-corrected chi connectivity index (χ0v) is 34.3. The SMILES string of the molecule is CC(C)(C)OC(=O)CC[C@@H](CO)NC(=O)C1=C[C@H]2OC3(Cc4ccccc4C3)O[C@H]2[C@H](OC(=O)c2ccccc2C=C2CCC3O[C@]3(C)CC[C@@H]3[C@@H]2CC3(C)C)C1. The van der Waals surface area contributed by atoms with Crippen LogP contribution in [0.15, 0.2) is 65.8 Å². The maximum absolute atomic E-state index is 14.4. The molecule has 10 nitrogen and oxygen atoms in total. The minimum absolute atomic E-state index is 0.0135. The maximum atomic E-state index is 14.4. The topological polar surface area (TPSA) is 133 Å². The van der Waals surface area contributed by atoms with Crippen LogP contribution in [0.5, 0.6) is 0 Å². The molecule has 0 bridgehead atoms. The Bertz CT molecular complexity index is 1930. The Labute approximate surface area is 336 Å². The first-order valence-corrected chi connectivity index (χ1v) is 21.0. The molecule has 1 spiro atoms. The second-order valence-corrected chi connectivity index (χ2v) is 19.2. The van der Waals surface area contributed by atoms with Crippen molar-refractivity contribution in [2.45, 2.75) is 153 Å². The molecule has 2 aliphatic heterocycles. The molecule has 57 heavy (non-hydrogen) atoms. The monoisotopic (exact) mass is 781 g/mol. The number of rotatable bonds is 9. The first kappa shape index (κ1) is 40.0. The summed E-state index contributed by atoms with van der Waals surface area (Å²) < 4.78 is 31.5. The maximum Gasteiger partial charge on any atom is 0.339 e. The normalized spacial score (nSPS) is 31.8. The van der Waals surface area contributed by atoms with Crippen molar-refractivity contribution in [2.75, 3.05) is 6.61 Å². The number of nitrogens with one attached hydrogen (secondary N) is 1. The Morgan fingerprint density at radius 3 is 2.40 bits per heavy atom. The van der Waals surface area contributed by atoms with Crippen LogP contribution in [0.2, 0.25) is 0 Å². The number of epoxide rings is 1. The summed E-state index contributed by atoms with van der Waals surface area (Å²) >= 11 is 0. The van der Waals surface area contributed by atoms with Gasteiger partial charge in [0.05, 0.1) is 29.9 Å². The zero-order valence-electron chi connectivity index (χ0n) is 34.3. The molecule has 306 valence electrons. The molecule has 4 aliphatic carbocycles. The molecule has 0 aromatic heterocycles. The third-order valence-electron chi connectivity index (χ3n) is 13.4. The van der Waals surface area contributed by atoms with Crippen LogP contribution in [-0.4, -0.2) is 77.0 Å². The van der Waals surface area contributed by atoms with Gasteiger partial charge in [0.25, 0.3) is 0 Å². The number of carbonyl (C=O) groups excluding carboxylic acids is 3. The Hall–Kier alpha value is -3.83. The Kier molecular flexibility index (Phi) is 10.6. The largest absolute Gasteiger partial charge is 0.460 e. The second kappa shape index (κ2) is 15.1. The molecule has 2 saturated heterocycles. The number of fused-ring (bicyclic) bond motifs is 4. The Morgan fingerprint density at radius 1 is 0.982 bits per heavy atom. The molecule has 4 fully saturated rings. The van der Waals surface area contributed by atoms with Gasteiger partial charge in [-0.15, -0.1) is 0 Å². The molecular weight excluding hydrogens is 723 g/mol. The minimum Gasteiger partial charge on any atom is -0.460 e. The van der Waals surface area contributed by atoms with E-state index in [1.807, 2.05) is 36.4 Å². The van der Waals surface area contributed by atoms with Gasteiger partial charge in [-0.2, -0.15) is 0 Å². The number of allylic oxidation sites excluding steroid dienone is 1. The summed E-state index contributed by atoms with van der Waals surface area (Å²) in [5.74, 6) is -1.22. The number of aliphatic hydroxyl groups is 1. The number of hydrogen-bond acceptors (Lipinski definition) is 9. The van der Waals surface area contributed by atoms with Gasteiger partial charge in [-0.05, 0) is 112 Å². The third kappa shape index (κ3) is 8.38. The number of esters is 2. The summed E-state index contributed by atoms with van der Waals surface area (Å²) in [4.78, 5) is 40.7. The van der Waals surface area contributed by atoms with Gasteiger partial charge in [-0.1, -0.05) is 68.0 Å². The van der Waals surface area contributed by atoms with E-state index in [2.05, 4.69) is 44.3 Å². The lowest BCUT2D eigenvalue weighted by atomic mass is 9.52. The van der Waals surface area contributed by atoms with E-state index in [-0.39, 0.29) is 43.0 Å². The number of aliphatic hydroxyl groups excluding tert-OH is 1. The number of hydrogen-bond donors (Lipinski definition) is 2. The highest BCUT2D eigenvalue weighted by atomic mass is 16.8. The van der Waals surface area contributed by atoms with E-state index in [9.17, 15) is 19.5 Å². The van der Waals surface area contributed by atoms with Gasteiger partial charge in [0.1, 0.15) is 23.9 Å². The van der Waals surface area contributed by atoms with Crippen LogP contribution in [0, 0.1) is 17.3 Å². The van der Waals surface area contributed by atoms with E-state index in [1.165, 1.54) is 5.57 Å². The quantitative estimate of drug-likeness (QED) is 0.200. The van der Waals surface area contributed by atoms with Crippen LogP contribution in [0.4, 0.5) is 0 Å². The Morgan fingerprint density at radius 2 is 1.70 bits per heavy atom. The first-order chi connectivity index (χ1) is 27.0. The molecule has 2 aromatic rings. The van der Waals surface area contributed by atoms with E-state index < -0.39 is 53.6 Å². The molecule has 1 amide bonds. The van der Waals surface area contributed by atoms with Crippen LogP contribution in [-0.2, 0) is 46.1 Å². The standard InChI is InChI=1S/C47H59NO9/c1-44(2,3)56-40(50)18-16-33(27-49)48-42(51)32-22-37(41-38(23-32)54-47(57-41)24-30-12-7-8-13-31(30)25-47)53-43(52)34-14-10-9-11-28(34)21-29-15-17-39-46(6,55-39)20-19-36-35(29)26-45(36,4)5/h7-14,21,23,33,35-39,41,49H,15-20,22,24-27H2,1-6H3,(H,48,51)/t33-,35+,36+,37+,38+,39?,41-,46+/m0/s1. The summed E-state index contributed by atoms with van der Waals surface area (Å²) in [6.45, 7) is 12.0. The van der Waals surface area contributed by atoms with Crippen molar-refractivity contribution in [3.05, 3.63) is 88.0 Å². The lowest BCUT2D eigenvalue weighted by Crippen LogP contribution is -2.45. The summed E-state index contributed by atoms with van der Waals surface area (Å²) in [7, 11) is 0. The lowest BCUT2D eigenvalue weighted by molar-refractivity contribution is -0.172. The molecule has 8 rings (SSSR count). The summed E-state index contributed by atoms with van der Waals surface area (Å²) in [5.41, 5.74) is 4.93. The van der Waals surface area contributed by atoms with Crippen molar-refractivity contribution < 1.29 is 43.2 Å². The molecule has 2 N–H and O–H groups in total. The predicted molar refractivity (Wildman–Crippen MR) is 214 cm³/mol. The fourth-order valence-electron chi connectivity index (χ4n) is 10.2. The molecule has 2 saturated carbocycles. The van der Waals surface area contributed by atoms with E-state index in [0.29, 0.717) is 35.8 Å². The highest BCUT2D eigenvalue weighted by molar-refractivity contribution is 5.95. The molecule has 2 aromatic carbocycles. The summed E-state index contributed by atoms with van der Waals surface area (Å²) in [6.07, 6.45) is 8.85. The molecular formula is C47H59NO9. The van der Waals surface area contributed by atoms with Crippen LogP contribution < -0.4 is 5.32 Å². The van der Waals surface area contributed by atoms with Crippen molar-refractivity contribution in [1.29, 1.82) is 0 Å². The highest BCUT2D eigenvalue weighted by Gasteiger charge is 2.57. The fraction of sp³-hybridized carbons (Fsp3) is 0.596.